The average molecular weight is 693 g/mol. The van der Waals surface area contributed by atoms with Crippen LogP contribution in [-0.2, 0) is 5.41 Å². The van der Waals surface area contributed by atoms with Gasteiger partial charge in [0.1, 0.15) is 0 Å². The van der Waals surface area contributed by atoms with E-state index in [4.69, 9.17) is 0 Å². The molecular weight excluding hydrogens is 653 g/mol. The van der Waals surface area contributed by atoms with E-state index in [1.807, 2.05) is 0 Å². The van der Waals surface area contributed by atoms with E-state index in [9.17, 15) is 0 Å². The summed E-state index contributed by atoms with van der Waals surface area (Å²) in [5.74, 6) is 0. The van der Waals surface area contributed by atoms with E-state index < -0.39 is 0 Å². The number of fused-ring (bicyclic) bond motifs is 6. The second-order valence-corrected chi connectivity index (χ2v) is 15.0. The third kappa shape index (κ3) is 5.25. The molecule has 1 aromatic heterocycles. The molecule has 0 atom stereocenters. The van der Waals surface area contributed by atoms with Crippen molar-refractivity contribution in [2.24, 2.45) is 0 Å². The van der Waals surface area contributed by atoms with Crippen molar-refractivity contribution in [3.8, 4) is 27.9 Å². The Morgan fingerprint density at radius 3 is 1.98 bits per heavy atom. The number of aromatic nitrogens is 1. The lowest BCUT2D eigenvalue weighted by Crippen LogP contribution is -2.19. The van der Waals surface area contributed by atoms with Crippen LogP contribution in [0.4, 0.5) is 11.4 Å². The number of allylic oxidation sites excluding steroid dienone is 5. The molecule has 10 rings (SSSR count). The van der Waals surface area contributed by atoms with Crippen LogP contribution in [0.5, 0.6) is 0 Å². The maximum Gasteiger partial charge on any atom is 0.0541 e. The number of rotatable bonds is 6. The quantitative estimate of drug-likeness (QED) is 0.168. The first-order valence-corrected chi connectivity index (χ1v) is 18.9. The second kappa shape index (κ2) is 12.8. The van der Waals surface area contributed by atoms with Gasteiger partial charge in [0.2, 0.25) is 0 Å². The molecule has 258 valence electrons. The number of nitrogens with zero attached hydrogens (tertiary/aromatic N) is 2. The van der Waals surface area contributed by atoms with E-state index in [0.29, 0.717) is 0 Å². The van der Waals surface area contributed by atoms with Gasteiger partial charge in [0.05, 0.1) is 11.0 Å². The van der Waals surface area contributed by atoms with E-state index in [-0.39, 0.29) is 5.41 Å². The lowest BCUT2D eigenvalue weighted by Gasteiger charge is -2.29. The third-order valence-corrected chi connectivity index (χ3v) is 11.4. The summed E-state index contributed by atoms with van der Waals surface area (Å²) < 4.78 is 2.38. The Balaban J connectivity index is 1.08. The molecule has 54 heavy (non-hydrogen) atoms. The van der Waals surface area contributed by atoms with Crippen molar-refractivity contribution in [2.75, 3.05) is 4.90 Å². The highest BCUT2D eigenvalue weighted by Gasteiger charge is 2.35. The summed E-state index contributed by atoms with van der Waals surface area (Å²) >= 11 is 0. The maximum atomic E-state index is 2.45. The lowest BCUT2D eigenvalue weighted by molar-refractivity contribution is 0.660. The molecular formula is C52H40N2. The zero-order chi connectivity index (χ0) is 36.2. The predicted molar refractivity (Wildman–Crippen MR) is 229 cm³/mol. The molecule has 8 aromatic rings. The molecule has 2 aliphatic carbocycles. The largest absolute Gasteiger partial charge is 0.314 e. The van der Waals surface area contributed by atoms with E-state index in [1.54, 1.807) is 0 Å². The van der Waals surface area contributed by atoms with Crippen molar-refractivity contribution in [2.45, 2.75) is 25.7 Å². The molecule has 2 nitrogen and oxygen atoms in total. The van der Waals surface area contributed by atoms with Gasteiger partial charge in [0.25, 0.3) is 0 Å². The molecule has 7 aromatic carbocycles. The minimum Gasteiger partial charge on any atom is -0.314 e. The Kier molecular flexibility index (Phi) is 7.59. The molecule has 0 saturated heterocycles. The number of para-hydroxylation sites is 2. The fourth-order valence-electron chi connectivity index (χ4n) is 8.73. The van der Waals surface area contributed by atoms with Crippen molar-refractivity contribution in [3.05, 3.63) is 217 Å². The number of hydrogen-bond donors (Lipinski definition) is 0. The molecule has 0 fully saturated rings. The third-order valence-electron chi connectivity index (χ3n) is 11.4. The van der Waals surface area contributed by atoms with Crippen LogP contribution in [0.2, 0.25) is 0 Å². The summed E-state index contributed by atoms with van der Waals surface area (Å²) in [6.07, 6.45) is 10.0. The van der Waals surface area contributed by atoms with Crippen LogP contribution in [0, 0.1) is 0 Å². The van der Waals surface area contributed by atoms with Crippen LogP contribution in [0.25, 0.3) is 55.3 Å². The SMILES string of the molecule is CC1(C)c2ccccc2-c2ccc(N(C3=CC=C(c4ccc5c(c4)c4ccccc4n5-c4ccccc4)C=CC3)c3ccc(-c4ccccc4)cc3)cc21. The molecule has 1 heterocycles. The van der Waals surface area contributed by atoms with Crippen molar-refractivity contribution in [1.82, 2.24) is 4.57 Å². The summed E-state index contributed by atoms with van der Waals surface area (Å²) in [7, 11) is 0. The van der Waals surface area contributed by atoms with Gasteiger partial charge >= 0.3 is 0 Å². The number of hydrogen-bond acceptors (Lipinski definition) is 1. The Hall–Kier alpha value is -6.64. The molecule has 0 N–H and O–H groups in total. The average Bonchev–Trinajstić information content (AvgIpc) is 3.53. The highest BCUT2D eigenvalue weighted by molar-refractivity contribution is 6.10. The zero-order valence-electron chi connectivity index (χ0n) is 30.6. The summed E-state index contributed by atoms with van der Waals surface area (Å²) in [5, 5.41) is 2.52. The first-order valence-electron chi connectivity index (χ1n) is 18.9. The number of anilines is 2. The molecule has 0 unspecified atom stereocenters. The van der Waals surface area contributed by atoms with Gasteiger partial charge < -0.3 is 9.47 Å². The summed E-state index contributed by atoms with van der Waals surface area (Å²) in [6, 6.07) is 61.9. The molecule has 0 radical (unpaired) electrons. The molecule has 0 amide bonds. The Labute approximate surface area is 317 Å². The van der Waals surface area contributed by atoms with Gasteiger partial charge in [-0.2, -0.15) is 0 Å². The van der Waals surface area contributed by atoms with Crippen LogP contribution in [0.3, 0.4) is 0 Å². The van der Waals surface area contributed by atoms with E-state index in [0.717, 1.165) is 12.1 Å². The van der Waals surface area contributed by atoms with Crippen LogP contribution >= 0.6 is 0 Å². The summed E-state index contributed by atoms with van der Waals surface area (Å²) in [6.45, 7) is 4.72. The lowest BCUT2D eigenvalue weighted by atomic mass is 9.82. The van der Waals surface area contributed by atoms with Gasteiger partial charge in [-0.1, -0.05) is 147 Å². The fourth-order valence-corrected chi connectivity index (χ4v) is 8.73. The van der Waals surface area contributed by atoms with Crippen LogP contribution in [-0.4, -0.2) is 4.57 Å². The van der Waals surface area contributed by atoms with Crippen molar-refractivity contribution in [3.63, 3.8) is 0 Å². The van der Waals surface area contributed by atoms with Crippen LogP contribution in [0.1, 0.15) is 37.0 Å². The Morgan fingerprint density at radius 1 is 0.500 bits per heavy atom. The van der Waals surface area contributed by atoms with Crippen LogP contribution in [0.15, 0.2) is 200 Å². The smallest absolute Gasteiger partial charge is 0.0541 e. The second-order valence-electron chi connectivity index (χ2n) is 15.0. The molecule has 0 saturated carbocycles. The van der Waals surface area contributed by atoms with Gasteiger partial charge in [0, 0.05) is 45.4 Å². The topological polar surface area (TPSA) is 8.17 Å². The zero-order valence-corrected chi connectivity index (χ0v) is 30.6. The monoisotopic (exact) mass is 692 g/mol. The number of benzene rings is 7. The van der Waals surface area contributed by atoms with Crippen molar-refractivity contribution >= 4 is 38.8 Å². The Bertz CT molecular complexity index is 2800. The Morgan fingerprint density at radius 2 is 1.15 bits per heavy atom. The standard InChI is InChI=1S/C52H40N2/c1-52(2)48-22-11-9-20-44(48)45-32-31-43(35-49(45)52)53(42-29-25-38(26-30-42)36-14-5-3-6-15-36)41-19-13-16-37(24-28-41)39-27-33-51-47(34-39)46-21-10-12-23-50(46)54(51)40-17-7-4-8-18-40/h3-18,20-35H,19H2,1-2H3. The normalized spacial score (nSPS) is 14.3. The van der Waals surface area contributed by atoms with Crippen LogP contribution < -0.4 is 4.90 Å². The first kappa shape index (κ1) is 32.0. The maximum absolute atomic E-state index is 2.45. The highest BCUT2D eigenvalue weighted by Crippen LogP contribution is 2.50. The summed E-state index contributed by atoms with van der Waals surface area (Å²) in [4.78, 5) is 2.45. The molecule has 0 aliphatic heterocycles. The van der Waals surface area contributed by atoms with Crippen molar-refractivity contribution < 1.29 is 0 Å². The molecule has 2 aliphatic rings. The molecule has 0 spiro atoms. The molecule has 2 heteroatoms. The van der Waals surface area contributed by atoms with E-state index in [2.05, 4.69) is 217 Å². The van der Waals surface area contributed by atoms with Gasteiger partial charge in [-0.05, 0) is 105 Å². The molecule has 0 bridgehead atoms. The van der Waals surface area contributed by atoms with Gasteiger partial charge in [-0.3, -0.25) is 0 Å². The minimum absolute atomic E-state index is 0.0855. The van der Waals surface area contributed by atoms with Gasteiger partial charge in [0.15, 0.2) is 0 Å². The van der Waals surface area contributed by atoms with Gasteiger partial charge in [-0.15, -0.1) is 0 Å². The summed E-state index contributed by atoms with van der Waals surface area (Å²) in [5.41, 5.74) is 17.4. The van der Waals surface area contributed by atoms with E-state index >= 15 is 0 Å². The first-order chi connectivity index (χ1) is 26.5. The van der Waals surface area contributed by atoms with Gasteiger partial charge in [-0.25, -0.2) is 0 Å². The minimum atomic E-state index is -0.0855. The highest BCUT2D eigenvalue weighted by atomic mass is 15.1. The predicted octanol–water partition coefficient (Wildman–Crippen LogP) is 13.8. The van der Waals surface area contributed by atoms with Crippen molar-refractivity contribution in [1.29, 1.82) is 0 Å². The fraction of sp³-hybridized carbons (Fsp3) is 0.0769. The van der Waals surface area contributed by atoms with E-state index in [1.165, 1.54) is 83.4 Å².